The van der Waals surface area contributed by atoms with Crippen molar-refractivity contribution >= 4 is 17.7 Å². The minimum absolute atomic E-state index is 0.0837. The van der Waals surface area contributed by atoms with Crippen LogP contribution in [0.5, 0.6) is 17.2 Å². The van der Waals surface area contributed by atoms with Gasteiger partial charge in [-0.3, -0.25) is 9.59 Å². The molecule has 0 saturated heterocycles. The van der Waals surface area contributed by atoms with Gasteiger partial charge < -0.3 is 34.5 Å². The summed E-state index contributed by atoms with van der Waals surface area (Å²) in [6.45, 7) is 3.30. The van der Waals surface area contributed by atoms with Crippen molar-refractivity contribution in [3.05, 3.63) is 70.1 Å². The number of halogens is 3. The molecule has 214 valence electrons. The van der Waals surface area contributed by atoms with E-state index in [1.807, 2.05) is 0 Å². The first-order chi connectivity index (χ1) is 18.8. The van der Waals surface area contributed by atoms with Gasteiger partial charge in [0.1, 0.15) is 17.2 Å². The summed E-state index contributed by atoms with van der Waals surface area (Å²) in [7, 11) is 2.85. The van der Waals surface area contributed by atoms with Crippen LogP contribution in [0.4, 0.5) is 23.7 Å². The molecular weight excluding hydrogens is 535 g/mol. The Morgan fingerprint density at radius 2 is 1.77 bits per heavy atom. The zero-order chi connectivity index (χ0) is 29.6. The number of methoxy groups -OCH3 is 1. The summed E-state index contributed by atoms with van der Waals surface area (Å²) >= 11 is 0. The number of carbonyl (C=O) groups is 2. The summed E-state index contributed by atoms with van der Waals surface area (Å²) in [5, 5.41) is 15.1. The smallest absolute Gasteiger partial charge is 0.505 e. The number of esters is 1. The average molecular weight is 564 g/mol. The van der Waals surface area contributed by atoms with E-state index in [0.29, 0.717) is 22.4 Å². The average Bonchev–Trinajstić information content (AvgIpc) is 2.88. The molecule has 3 aromatic rings. The number of hydrogen-bond acceptors (Lipinski definition) is 7. The SMILES string of the molecule is CCOC(=O)C[C@H](NC(=O)Nc1c(O)cc(C)n(C)c1=O)c1cc(OC)cc(-c2cccc(OC(F)(F)F)c2)c1. The third-order valence-electron chi connectivity index (χ3n) is 5.84. The molecule has 3 N–H and O–H groups in total. The zero-order valence-electron chi connectivity index (χ0n) is 22.1. The van der Waals surface area contributed by atoms with Crippen LogP contribution in [-0.2, 0) is 16.6 Å². The van der Waals surface area contributed by atoms with Crippen molar-refractivity contribution < 1.29 is 42.1 Å². The lowest BCUT2D eigenvalue weighted by Crippen LogP contribution is -2.36. The van der Waals surface area contributed by atoms with Gasteiger partial charge in [-0.05, 0) is 60.9 Å². The van der Waals surface area contributed by atoms with Crippen LogP contribution >= 0.6 is 0 Å². The number of aromatic hydroxyl groups is 1. The Morgan fingerprint density at radius 3 is 2.42 bits per heavy atom. The molecule has 1 aromatic heterocycles. The number of pyridine rings is 1. The highest BCUT2D eigenvalue weighted by Gasteiger charge is 2.31. The number of ether oxygens (including phenoxy) is 3. The van der Waals surface area contributed by atoms with Gasteiger partial charge in [0.05, 0.1) is 26.2 Å². The number of nitrogens with zero attached hydrogens (tertiary/aromatic N) is 1. The van der Waals surface area contributed by atoms with E-state index in [1.54, 1.807) is 32.0 Å². The van der Waals surface area contributed by atoms with Gasteiger partial charge in [-0.1, -0.05) is 12.1 Å². The standard InChI is InChI=1S/C27H28F3N3O7/c1-5-39-23(35)14-21(31-26(37)32-24-22(34)9-15(2)33(3)25(24)36)18-10-17(12-20(13-18)38-4)16-7-6-8-19(11-16)40-27(28,29)30/h6-13,21,34H,5,14H2,1-4H3,(H2,31,32,37)/t21-/m0/s1. The van der Waals surface area contributed by atoms with Gasteiger partial charge in [0, 0.05) is 18.8 Å². The van der Waals surface area contributed by atoms with Crippen molar-refractivity contribution in [3.63, 3.8) is 0 Å². The van der Waals surface area contributed by atoms with E-state index in [2.05, 4.69) is 15.4 Å². The lowest BCUT2D eigenvalue weighted by molar-refractivity contribution is -0.274. The summed E-state index contributed by atoms with van der Waals surface area (Å²) in [5.74, 6) is -1.24. The molecule has 1 atom stereocenters. The number of anilines is 1. The van der Waals surface area contributed by atoms with Crippen molar-refractivity contribution in [2.24, 2.45) is 7.05 Å². The molecule has 0 aliphatic heterocycles. The van der Waals surface area contributed by atoms with Crippen molar-refractivity contribution in [1.29, 1.82) is 0 Å². The van der Waals surface area contributed by atoms with Crippen LogP contribution in [0.15, 0.2) is 53.3 Å². The van der Waals surface area contributed by atoms with E-state index in [0.717, 1.165) is 6.07 Å². The van der Waals surface area contributed by atoms with Gasteiger partial charge in [0.25, 0.3) is 5.56 Å². The molecule has 0 fully saturated rings. The second-order valence-electron chi connectivity index (χ2n) is 8.64. The number of nitrogens with one attached hydrogen (secondary N) is 2. The van der Waals surface area contributed by atoms with Gasteiger partial charge in [0.2, 0.25) is 0 Å². The number of urea groups is 1. The fourth-order valence-electron chi connectivity index (χ4n) is 3.85. The molecule has 1 heterocycles. The first-order valence-electron chi connectivity index (χ1n) is 12.0. The fourth-order valence-corrected chi connectivity index (χ4v) is 3.85. The van der Waals surface area contributed by atoms with E-state index in [1.165, 1.54) is 43.0 Å². The molecule has 13 heteroatoms. The van der Waals surface area contributed by atoms with Crippen molar-refractivity contribution in [2.75, 3.05) is 19.0 Å². The molecule has 0 aliphatic carbocycles. The van der Waals surface area contributed by atoms with E-state index in [-0.39, 0.29) is 24.5 Å². The van der Waals surface area contributed by atoms with E-state index in [9.17, 15) is 32.7 Å². The quantitative estimate of drug-likeness (QED) is 0.320. The Morgan fingerprint density at radius 1 is 1.07 bits per heavy atom. The van der Waals surface area contributed by atoms with Crippen molar-refractivity contribution in [3.8, 4) is 28.4 Å². The van der Waals surface area contributed by atoms with Gasteiger partial charge in [-0.25, -0.2) is 4.79 Å². The number of hydrogen-bond donors (Lipinski definition) is 3. The van der Waals surface area contributed by atoms with Crippen LogP contribution in [-0.4, -0.2) is 41.8 Å². The van der Waals surface area contributed by atoms with E-state index in [4.69, 9.17) is 9.47 Å². The van der Waals surface area contributed by atoms with Crippen LogP contribution < -0.4 is 25.7 Å². The number of aromatic nitrogens is 1. The molecule has 3 rings (SSSR count). The minimum atomic E-state index is -4.88. The molecule has 0 saturated carbocycles. The summed E-state index contributed by atoms with van der Waals surface area (Å²) in [6, 6.07) is 9.29. The number of aryl methyl sites for hydroxylation is 1. The Balaban J connectivity index is 1.99. The summed E-state index contributed by atoms with van der Waals surface area (Å²) in [4.78, 5) is 37.9. The van der Waals surface area contributed by atoms with Crippen LogP contribution in [0.2, 0.25) is 0 Å². The molecule has 0 unspecified atom stereocenters. The lowest BCUT2D eigenvalue weighted by Gasteiger charge is -2.21. The number of rotatable bonds is 9. The van der Waals surface area contributed by atoms with Crippen LogP contribution in [0.25, 0.3) is 11.1 Å². The highest BCUT2D eigenvalue weighted by atomic mass is 19.4. The van der Waals surface area contributed by atoms with Crippen LogP contribution in [0.3, 0.4) is 0 Å². The molecule has 10 nitrogen and oxygen atoms in total. The molecule has 0 spiro atoms. The molecule has 2 aromatic carbocycles. The maximum absolute atomic E-state index is 12.9. The molecular formula is C27H28F3N3O7. The van der Waals surface area contributed by atoms with Crippen LogP contribution in [0.1, 0.15) is 30.6 Å². The summed E-state index contributed by atoms with van der Waals surface area (Å²) < 4.78 is 53.9. The first-order valence-corrected chi connectivity index (χ1v) is 12.0. The Bertz CT molecular complexity index is 1450. The number of benzene rings is 2. The highest BCUT2D eigenvalue weighted by molar-refractivity contribution is 5.91. The first kappa shape index (κ1) is 29.9. The third-order valence-corrected chi connectivity index (χ3v) is 5.84. The van der Waals surface area contributed by atoms with Gasteiger partial charge >= 0.3 is 18.4 Å². The maximum Gasteiger partial charge on any atom is 0.573 e. The second kappa shape index (κ2) is 12.5. The number of carbonyl (C=O) groups excluding carboxylic acids is 2. The summed E-state index contributed by atoms with van der Waals surface area (Å²) in [5.41, 5.74) is 0.535. The topological polar surface area (TPSA) is 128 Å². The summed E-state index contributed by atoms with van der Waals surface area (Å²) in [6.07, 6.45) is -5.21. The maximum atomic E-state index is 12.9. The third kappa shape index (κ3) is 7.68. The molecule has 0 aliphatic rings. The molecule has 2 amide bonds. The Labute approximate surface area is 227 Å². The number of alkyl halides is 3. The predicted molar refractivity (Wildman–Crippen MR) is 139 cm³/mol. The van der Waals surface area contributed by atoms with Crippen LogP contribution in [0, 0.1) is 6.92 Å². The van der Waals surface area contributed by atoms with Crippen molar-refractivity contribution in [1.82, 2.24) is 9.88 Å². The van der Waals surface area contributed by atoms with E-state index < -0.39 is 41.5 Å². The predicted octanol–water partition coefficient (Wildman–Crippen LogP) is 4.79. The second-order valence-corrected chi connectivity index (χ2v) is 8.64. The molecule has 0 radical (unpaired) electrons. The lowest BCUT2D eigenvalue weighted by atomic mass is 9.97. The van der Waals surface area contributed by atoms with Crippen molar-refractivity contribution in [2.45, 2.75) is 32.7 Å². The Hall–Kier alpha value is -4.68. The molecule has 40 heavy (non-hydrogen) atoms. The Kier molecular flexibility index (Phi) is 9.30. The largest absolute Gasteiger partial charge is 0.573 e. The number of amides is 2. The monoisotopic (exact) mass is 563 g/mol. The zero-order valence-corrected chi connectivity index (χ0v) is 22.1. The van der Waals surface area contributed by atoms with Gasteiger partial charge in [-0.15, -0.1) is 13.2 Å². The normalized spacial score (nSPS) is 11.9. The van der Waals surface area contributed by atoms with Gasteiger partial charge in [-0.2, -0.15) is 0 Å². The fraction of sp³-hybridized carbons (Fsp3) is 0.296. The van der Waals surface area contributed by atoms with E-state index >= 15 is 0 Å². The minimum Gasteiger partial charge on any atom is -0.505 e. The molecule has 0 bridgehead atoms. The van der Waals surface area contributed by atoms with Gasteiger partial charge in [0.15, 0.2) is 5.69 Å². The highest BCUT2D eigenvalue weighted by Crippen LogP contribution is 2.33.